The summed E-state index contributed by atoms with van der Waals surface area (Å²) in [6, 6.07) is 7.29. The Hall–Kier alpha value is -3.05. The quantitative estimate of drug-likeness (QED) is 0.641. The summed E-state index contributed by atoms with van der Waals surface area (Å²) >= 11 is 0. The van der Waals surface area contributed by atoms with Gasteiger partial charge in [-0.25, -0.2) is 8.42 Å². The van der Waals surface area contributed by atoms with Gasteiger partial charge in [-0.05, 0) is 43.5 Å². The first-order valence-electron chi connectivity index (χ1n) is 11.5. The molecule has 182 valence electrons. The highest BCUT2D eigenvalue weighted by atomic mass is 32.2. The molecule has 1 unspecified atom stereocenters. The van der Waals surface area contributed by atoms with Crippen molar-refractivity contribution in [2.24, 2.45) is 0 Å². The van der Waals surface area contributed by atoms with Gasteiger partial charge in [0.1, 0.15) is 19.3 Å². The van der Waals surface area contributed by atoms with Crippen LogP contribution in [0.4, 0.5) is 0 Å². The Morgan fingerprint density at radius 3 is 2.41 bits per heavy atom. The maximum absolute atomic E-state index is 13.3. The molecule has 2 saturated heterocycles. The zero-order chi connectivity index (χ0) is 23.7. The maximum atomic E-state index is 13.3. The number of rotatable bonds is 4. The third-order valence-electron chi connectivity index (χ3n) is 6.48. The Balaban J connectivity index is 1.25. The van der Waals surface area contributed by atoms with Gasteiger partial charge in [-0.3, -0.25) is 9.59 Å². The number of piperazine rings is 1. The SMILES string of the molecule is O=C(C1CCCCN1C(=O)c1ccco1)N1CCN(S(=O)(=O)c2ccc3c(c2)OCCO3)CC1. The number of sulfonamides is 1. The van der Waals surface area contributed by atoms with Crippen LogP contribution in [0.25, 0.3) is 0 Å². The van der Waals surface area contributed by atoms with E-state index >= 15 is 0 Å². The van der Waals surface area contributed by atoms with E-state index in [1.165, 1.54) is 22.7 Å². The molecule has 1 atom stereocenters. The van der Waals surface area contributed by atoms with Gasteiger partial charge in [-0.2, -0.15) is 4.31 Å². The smallest absolute Gasteiger partial charge is 0.290 e. The molecule has 3 aliphatic rings. The van der Waals surface area contributed by atoms with Gasteiger partial charge in [-0.15, -0.1) is 0 Å². The molecule has 0 aliphatic carbocycles. The third-order valence-corrected chi connectivity index (χ3v) is 8.38. The van der Waals surface area contributed by atoms with Crippen LogP contribution in [0, 0.1) is 0 Å². The summed E-state index contributed by atoms with van der Waals surface area (Å²) in [6.45, 7) is 2.19. The average Bonchev–Trinajstić information content (AvgIpc) is 3.43. The lowest BCUT2D eigenvalue weighted by Gasteiger charge is -2.40. The number of amides is 2. The second-order valence-corrected chi connectivity index (χ2v) is 10.5. The number of carbonyl (C=O) groups excluding carboxylic acids is 2. The van der Waals surface area contributed by atoms with Crippen molar-refractivity contribution in [3.05, 3.63) is 42.4 Å². The minimum atomic E-state index is -3.74. The molecule has 11 heteroatoms. The topological polar surface area (TPSA) is 110 Å². The van der Waals surface area contributed by atoms with Gasteiger partial charge >= 0.3 is 0 Å². The summed E-state index contributed by atoms with van der Waals surface area (Å²) < 4.78 is 44.0. The fraction of sp³-hybridized carbons (Fsp3) is 0.478. The van der Waals surface area contributed by atoms with Crippen molar-refractivity contribution < 1.29 is 31.9 Å². The highest BCUT2D eigenvalue weighted by Crippen LogP contribution is 2.33. The highest BCUT2D eigenvalue weighted by Gasteiger charge is 2.38. The van der Waals surface area contributed by atoms with Gasteiger partial charge in [0.2, 0.25) is 15.9 Å². The van der Waals surface area contributed by atoms with E-state index in [1.807, 2.05) is 0 Å². The van der Waals surface area contributed by atoms with Crippen molar-refractivity contribution in [1.82, 2.24) is 14.1 Å². The van der Waals surface area contributed by atoms with Crippen molar-refractivity contribution >= 4 is 21.8 Å². The molecule has 5 rings (SSSR count). The fourth-order valence-corrected chi connectivity index (χ4v) is 6.10. The Morgan fingerprint density at radius 1 is 0.912 bits per heavy atom. The van der Waals surface area contributed by atoms with Gasteiger partial charge in [0.15, 0.2) is 17.3 Å². The first-order valence-corrected chi connectivity index (χ1v) is 12.9. The van der Waals surface area contributed by atoms with Crippen molar-refractivity contribution in [3.63, 3.8) is 0 Å². The van der Waals surface area contributed by atoms with Gasteiger partial charge in [0, 0.05) is 38.8 Å². The van der Waals surface area contributed by atoms with Crippen LogP contribution in [0.1, 0.15) is 29.8 Å². The van der Waals surface area contributed by atoms with E-state index in [9.17, 15) is 18.0 Å². The average molecular weight is 490 g/mol. The van der Waals surface area contributed by atoms with Crippen molar-refractivity contribution in [2.45, 2.75) is 30.2 Å². The van der Waals surface area contributed by atoms with Gasteiger partial charge in [0.05, 0.1) is 11.2 Å². The first-order chi connectivity index (χ1) is 16.4. The molecule has 10 nitrogen and oxygen atoms in total. The minimum Gasteiger partial charge on any atom is -0.486 e. The molecule has 0 bridgehead atoms. The highest BCUT2D eigenvalue weighted by molar-refractivity contribution is 7.89. The van der Waals surface area contributed by atoms with Crippen LogP contribution < -0.4 is 9.47 Å². The molecule has 34 heavy (non-hydrogen) atoms. The van der Waals surface area contributed by atoms with Crippen LogP contribution in [-0.4, -0.2) is 86.3 Å². The van der Waals surface area contributed by atoms with Crippen LogP contribution in [0.5, 0.6) is 11.5 Å². The van der Waals surface area contributed by atoms with Gasteiger partial charge < -0.3 is 23.7 Å². The number of carbonyl (C=O) groups is 2. The molecule has 2 aromatic rings. The van der Waals surface area contributed by atoms with Crippen molar-refractivity contribution in [1.29, 1.82) is 0 Å². The zero-order valence-electron chi connectivity index (χ0n) is 18.7. The minimum absolute atomic E-state index is 0.138. The lowest BCUT2D eigenvalue weighted by Crippen LogP contribution is -2.57. The lowest BCUT2D eigenvalue weighted by atomic mass is 10.00. The van der Waals surface area contributed by atoms with E-state index in [0.29, 0.717) is 37.7 Å². The number of nitrogens with zero attached hydrogens (tertiary/aromatic N) is 3. The predicted octanol–water partition coefficient (Wildman–Crippen LogP) is 1.58. The number of likely N-dealkylation sites (tertiary alicyclic amines) is 1. The van der Waals surface area contributed by atoms with E-state index < -0.39 is 16.1 Å². The molecule has 1 aromatic carbocycles. The Morgan fingerprint density at radius 2 is 1.68 bits per heavy atom. The predicted molar refractivity (Wildman–Crippen MR) is 120 cm³/mol. The third kappa shape index (κ3) is 4.25. The molecule has 3 aliphatic heterocycles. The molecule has 1 aromatic heterocycles. The van der Waals surface area contributed by atoms with E-state index in [2.05, 4.69) is 0 Å². The summed E-state index contributed by atoms with van der Waals surface area (Å²) in [4.78, 5) is 29.6. The molecule has 0 N–H and O–H groups in total. The zero-order valence-corrected chi connectivity index (χ0v) is 19.5. The van der Waals surface area contributed by atoms with E-state index in [0.717, 1.165) is 12.8 Å². The van der Waals surface area contributed by atoms with Crippen LogP contribution in [0.15, 0.2) is 45.9 Å². The molecule has 0 spiro atoms. The normalized spacial score (nSPS) is 21.4. The standard InChI is InChI=1S/C23H27N3O7S/c27-22(18-4-1-2-8-26(18)23(28)20-5-3-13-31-20)24-9-11-25(12-10-24)34(29,30)17-6-7-19-21(16-17)33-15-14-32-19/h3,5-7,13,16,18H,1-2,4,8-12,14-15H2. The van der Waals surface area contributed by atoms with Crippen molar-refractivity contribution in [2.75, 3.05) is 45.9 Å². The first kappa shape index (κ1) is 22.7. The van der Waals surface area contributed by atoms with Crippen LogP contribution >= 0.6 is 0 Å². The van der Waals surface area contributed by atoms with Gasteiger partial charge in [0.25, 0.3) is 5.91 Å². The van der Waals surface area contributed by atoms with Crippen LogP contribution in [-0.2, 0) is 14.8 Å². The molecule has 2 fully saturated rings. The van der Waals surface area contributed by atoms with Crippen LogP contribution in [0.2, 0.25) is 0 Å². The maximum Gasteiger partial charge on any atom is 0.290 e. The second-order valence-electron chi connectivity index (χ2n) is 8.52. The molecule has 0 radical (unpaired) electrons. The Kier molecular flexibility index (Phi) is 6.22. The number of hydrogen-bond donors (Lipinski definition) is 0. The lowest BCUT2D eigenvalue weighted by molar-refractivity contribution is -0.138. The van der Waals surface area contributed by atoms with Crippen molar-refractivity contribution in [3.8, 4) is 11.5 Å². The summed E-state index contributed by atoms with van der Waals surface area (Å²) in [5.74, 6) is 0.732. The van der Waals surface area contributed by atoms with E-state index in [-0.39, 0.29) is 48.6 Å². The molecular formula is C23H27N3O7S. The summed E-state index contributed by atoms with van der Waals surface area (Å²) in [5, 5.41) is 0. The second kappa shape index (κ2) is 9.30. The van der Waals surface area contributed by atoms with Gasteiger partial charge in [-0.1, -0.05) is 0 Å². The number of fused-ring (bicyclic) bond motifs is 1. The summed E-state index contributed by atoms with van der Waals surface area (Å²) in [5.41, 5.74) is 0. The molecule has 0 saturated carbocycles. The largest absolute Gasteiger partial charge is 0.486 e. The number of benzene rings is 1. The number of piperidine rings is 1. The van der Waals surface area contributed by atoms with E-state index in [1.54, 1.807) is 28.0 Å². The molecule has 2 amide bonds. The summed E-state index contributed by atoms with van der Waals surface area (Å²) in [7, 11) is -3.74. The van der Waals surface area contributed by atoms with Crippen LogP contribution in [0.3, 0.4) is 0 Å². The number of hydrogen-bond acceptors (Lipinski definition) is 7. The molecule has 4 heterocycles. The monoisotopic (exact) mass is 489 g/mol. The summed E-state index contributed by atoms with van der Waals surface area (Å²) in [6.07, 6.45) is 3.71. The number of furan rings is 1. The Bertz CT molecular complexity index is 1160. The Labute approximate surface area is 198 Å². The number of ether oxygens (including phenoxy) is 2. The molecular weight excluding hydrogens is 462 g/mol. The van der Waals surface area contributed by atoms with E-state index in [4.69, 9.17) is 13.9 Å². The fourth-order valence-electron chi connectivity index (χ4n) is 4.67.